The molecular formula is C28H40N4O7. The Kier molecular flexibility index (Phi) is 13.5. The number of ether oxygens (including phenoxy) is 2. The number of hydrogen-bond acceptors (Lipinski definition) is 7. The number of nitrogens with two attached hydrogens (primary N) is 1. The molecule has 0 aliphatic rings. The number of primary amides is 1. The SMILES string of the molecule is C#Cc1ccc(C(C(=O)NCC(=O)OC)N(CCCCC)C(=O)C(CCC(N)=O)NC(=O)OC(C)(C)C)cc1. The van der Waals surface area contributed by atoms with Gasteiger partial charge < -0.3 is 30.7 Å². The molecule has 0 saturated carbocycles. The number of benzene rings is 1. The molecule has 0 fully saturated rings. The molecule has 0 spiro atoms. The molecule has 0 bridgehead atoms. The van der Waals surface area contributed by atoms with Gasteiger partial charge in [-0.25, -0.2) is 4.79 Å². The summed E-state index contributed by atoms with van der Waals surface area (Å²) in [4.78, 5) is 64.6. The van der Waals surface area contributed by atoms with Crippen LogP contribution < -0.4 is 16.4 Å². The minimum Gasteiger partial charge on any atom is -0.468 e. The normalized spacial score (nSPS) is 12.3. The summed E-state index contributed by atoms with van der Waals surface area (Å²) in [6.45, 7) is 6.75. The lowest BCUT2D eigenvalue weighted by Crippen LogP contribution is -2.53. The minimum atomic E-state index is -1.21. The lowest BCUT2D eigenvalue weighted by molar-refractivity contribution is -0.145. The lowest BCUT2D eigenvalue weighted by Gasteiger charge is -2.34. The Bertz CT molecular complexity index is 1040. The summed E-state index contributed by atoms with van der Waals surface area (Å²) in [7, 11) is 1.19. The first kappa shape index (κ1) is 33.0. The molecule has 0 aromatic heterocycles. The van der Waals surface area contributed by atoms with Gasteiger partial charge in [-0.05, 0) is 51.3 Å². The van der Waals surface area contributed by atoms with Crippen molar-refractivity contribution >= 4 is 29.8 Å². The zero-order valence-electron chi connectivity index (χ0n) is 23.4. The third-order valence-electron chi connectivity index (χ3n) is 5.54. The summed E-state index contributed by atoms with van der Waals surface area (Å²) in [5.74, 6) is -0.0717. The van der Waals surface area contributed by atoms with E-state index in [9.17, 15) is 24.0 Å². The molecule has 0 aliphatic carbocycles. The second kappa shape index (κ2) is 16.0. The molecule has 0 saturated heterocycles. The standard InChI is InChI=1S/C28H40N4O7/c1-7-9-10-17-32(26(36)21(15-16-22(29)33)31-27(37)39-28(3,4)5)24(25(35)30-18-23(34)38-6)20-13-11-19(8-2)12-14-20/h2,11-14,21,24H,7,9-10,15-18H2,1,3-6H3,(H2,29,33)(H,30,35)(H,31,37). The van der Waals surface area contributed by atoms with Crippen molar-refractivity contribution < 1.29 is 33.4 Å². The molecule has 0 aliphatic heterocycles. The lowest BCUT2D eigenvalue weighted by atomic mass is 9.99. The van der Waals surface area contributed by atoms with Crippen LogP contribution in [0.1, 0.15) is 77.0 Å². The molecule has 2 unspecified atom stereocenters. The summed E-state index contributed by atoms with van der Waals surface area (Å²) in [5, 5.41) is 5.04. The number of hydrogen-bond donors (Lipinski definition) is 3. The first-order valence-electron chi connectivity index (χ1n) is 12.8. The smallest absolute Gasteiger partial charge is 0.408 e. The van der Waals surface area contributed by atoms with Crippen LogP contribution in [-0.2, 0) is 28.7 Å². The van der Waals surface area contributed by atoms with Gasteiger partial charge in [0.15, 0.2) is 0 Å². The highest BCUT2D eigenvalue weighted by atomic mass is 16.6. The van der Waals surface area contributed by atoms with Crippen molar-refractivity contribution in [2.45, 2.75) is 77.5 Å². The number of amides is 4. The Morgan fingerprint density at radius 1 is 1.10 bits per heavy atom. The van der Waals surface area contributed by atoms with Crippen LogP contribution in [0, 0.1) is 12.3 Å². The average Bonchev–Trinajstić information content (AvgIpc) is 2.87. The van der Waals surface area contributed by atoms with E-state index in [4.69, 9.17) is 16.9 Å². The highest BCUT2D eigenvalue weighted by Crippen LogP contribution is 2.25. The van der Waals surface area contributed by atoms with Crippen LogP contribution in [0.2, 0.25) is 0 Å². The largest absolute Gasteiger partial charge is 0.468 e. The van der Waals surface area contributed by atoms with Crippen molar-refractivity contribution in [3.05, 3.63) is 35.4 Å². The quantitative estimate of drug-likeness (QED) is 0.184. The second-order valence-electron chi connectivity index (χ2n) is 9.91. The van der Waals surface area contributed by atoms with Crippen LogP contribution >= 0.6 is 0 Å². The highest BCUT2D eigenvalue weighted by Gasteiger charge is 2.36. The average molecular weight is 545 g/mol. The van der Waals surface area contributed by atoms with Crippen molar-refractivity contribution in [2.24, 2.45) is 5.73 Å². The molecule has 11 heteroatoms. The molecule has 39 heavy (non-hydrogen) atoms. The van der Waals surface area contributed by atoms with Crippen LogP contribution in [0.3, 0.4) is 0 Å². The number of carbonyl (C=O) groups is 5. The molecule has 1 aromatic rings. The Labute approximate surface area is 230 Å². The van der Waals surface area contributed by atoms with Gasteiger partial charge in [-0.3, -0.25) is 19.2 Å². The maximum absolute atomic E-state index is 14.0. The van der Waals surface area contributed by atoms with Gasteiger partial charge in [0.2, 0.25) is 17.7 Å². The van der Waals surface area contributed by atoms with Crippen LogP contribution in [0.4, 0.5) is 4.79 Å². The summed E-state index contributed by atoms with van der Waals surface area (Å²) >= 11 is 0. The number of carbonyl (C=O) groups excluding carboxylic acids is 5. The Morgan fingerprint density at radius 2 is 1.74 bits per heavy atom. The van der Waals surface area contributed by atoms with Gasteiger partial charge >= 0.3 is 12.1 Å². The van der Waals surface area contributed by atoms with E-state index >= 15 is 0 Å². The predicted octanol–water partition coefficient (Wildman–Crippen LogP) is 2.18. The fourth-order valence-corrected chi connectivity index (χ4v) is 3.66. The number of methoxy groups -OCH3 is 1. The molecular weight excluding hydrogens is 504 g/mol. The van der Waals surface area contributed by atoms with Gasteiger partial charge in [0, 0.05) is 18.5 Å². The Hall–Kier alpha value is -4.07. The second-order valence-corrected chi connectivity index (χ2v) is 9.91. The minimum absolute atomic E-state index is 0.107. The van der Waals surface area contributed by atoms with Crippen molar-refractivity contribution in [3.63, 3.8) is 0 Å². The van der Waals surface area contributed by atoms with E-state index in [1.54, 1.807) is 45.0 Å². The van der Waals surface area contributed by atoms with E-state index in [1.165, 1.54) is 12.0 Å². The molecule has 11 nitrogen and oxygen atoms in total. The van der Waals surface area contributed by atoms with E-state index in [0.29, 0.717) is 17.5 Å². The van der Waals surface area contributed by atoms with Crippen molar-refractivity contribution in [1.82, 2.24) is 15.5 Å². The zero-order valence-corrected chi connectivity index (χ0v) is 23.4. The van der Waals surface area contributed by atoms with Gasteiger partial charge in [0.1, 0.15) is 24.2 Å². The predicted molar refractivity (Wildman–Crippen MR) is 145 cm³/mol. The monoisotopic (exact) mass is 544 g/mol. The van der Waals surface area contributed by atoms with E-state index in [0.717, 1.165) is 12.8 Å². The van der Waals surface area contributed by atoms with Crippen molar-refractivity contribution in [1.29, 1.82) is 0 Å². The molecule has 4 N–H and O–H groups in total. The molecule has 0 radical (unpaired) electrons. The summed E-state index contributed by atoms with van der Waals surface area (Å²) in [6.07, 6.45) is 6.49. The van der Waals surface area contributed by atoms with Gasteiger partial charge in [-0.2, -0.15) is 0 Å². The molecule has 0 heterocycles. The fourth-order valence-electron chi connectivity index (χ4n) is 3.66. The number of nitrogens with one attached hydrogen (secondary N) is 2. The van der Waals surface area contributed by atoms with Gasteiger partial charge in [-0.15, -0.1) is 6.42 Å². The maximum Gasteiger partial charge on any atom is 0.408 e. The summed E-state index contributed by atoms with van der Waals surface area (Å²) in [6, 6.07) is 4.12. The number of terminal acetylenes is 1. The third kappa shape index (κ3) is 11.9. The highest BCUT2D eigenvalue weighted by molar-refractivity contribution is 5.93. The number of unbranched alkanes of at least 4 members (excludes halogenated alkanes) is 2. The van der Waals surface area contributed by atoms with Gasteiger partial charge in [0.05, 0.1) is 7.11 Å². The number of rotatable bonds is 14. The number of nitrogens with zero attached hydrogens (tertiary/aromatic N) is 1. The van der Waals surface area contributed by atoms with Crippen molar-refractivity contribution in [3.8, 4) is 12.3 Å². The first-order valence-corrected chi connectivity index (χ1v) is 12.8. The molecule has 4 amide bonds. The van der Waals surface area contributed by atoms with Crippen LogP contribution in [0.5, 0.6) is 0 Å². The van der Waals surface area contributed by atoms with E-state index < -0.39 is 54.0 Å². The molecule has 1 rings (SSSR count). The Balaban J connectivity index is 3.52. The van der Waals surface area contributed by atoms with E-state index in [-0.39, 0.29) is 19.4 Å². The van der Waals surface area contributed by atoms with Gasteiger partial charge in [0.25, 0.3) is 0 Å². The molecule has 1 aromatic carbocycles. The van der Waals surface area contributed by atoms with Crippen LogP contribution in [0.15, 0.2) is 24.3 Å². The Morgan fingerprint density at radius 3 is 2.26 bits per heavy atom. The first-order chi connectivity index (χ1) is 18.3. The summed E-state index contributed by atoms with van der Waals surface area (Å²) in [5.41, 5.74) is 5.50. The zero-order chi connectivity index (χ0) is 29.6. The van der Waals surface area contributed by atoms with Crippen LogP contribution in [-0.4, -0.2) is 66.5 Å². The van der Waals surface area contributed by atoms with E-state index in [2.05, 4.69) is 21.3 Å². The van der Waals surface area contributed by atoms with Crippen molar-refractivity contribution in [2.75, 3.05) is 20.2 Å². The topological polar surface area (TPSA) is 157 Å². The molecule has 214 valence electrons. The van der Waals surface area contributed by atoms with E-state index in [1.807, 2.05) is 6.92 Å². The number of esters is 1. The maximum atomic E-state index is 14.0. The van der Waals surface area contributed by atoms with Gasteiger partial charge in [-0.1, -0.05) is 37.8 Å². The van der Waals surface area contributed by atoms with Crippen LogP contribution in [0.25, 0.3) is 0 Å². The fraction of sp³-hybridized carbons (Fsp3) is 0.536. The summed E-state index contributed by atoms with van der Waals surface area (Å²) < 4.78 is 9.93. The third-order valence-corrected chi connectivity index (χ3v) is 5.54. The number of alkyl carbamates (subject to hydrolysis) is 1. The molecule has 2 atom stereocenters.